The molecule has 0 aliphatic carbocycles. The third-order valence-corrected chi connectivity index (χ3v) is 14.6. The van der Waals surface area contributed by atoms with Gasteiger partial charge in [-0.25, -0.2) is 18.0 Å². The fourth-order valence-corrected chi connectivity index (χ4v) is 10.6. The number of thioether (sulfide) groups is 1. The smallest absolute Gasteiger partial charge is 0.333 e. The largest absolute Gasteiger partial charge is 0.426 e. The Morgan fingerprint density at radius 3 is 2.06 bits per heavy atom. The van der Waals surface area contributed by atoms with Crippen LogP contribution in [0.5, 0.6) is 0 Å². The molecule has 4 heterocycles. The molecule has 6 rings (SSSR count). The molecule has 0 unspecified atom stereocenters. The minimum Gasteiger partial charge on any atom is -0.426 e. The standard InChI is InChI=1S/C25H30N4O9S2.C6H5ClO3S.2H2O/c1-24(2)17(29-20(32)16(21(29)39-24)27-19(31)15(26)12-8-6-5-7-9-12)22(33)37-11-38-23(34)18-25(3,4)40(35,36)14-10-13(30)28(14)18;7-5-1-3-6(4-2-5)11(8,9)10;;/h5-9,14-18,21H,10-11,26H2,1-4H3,(H,27,31);1-4H,(H,8,9,10);2*1H2/t14-,15+,16+,17-,18-,21+;;;/m0.../s1. The van der Waals surface area contributed by atoms with Crippen LogP contribution in [-0.4, -0.2) is 117 Å². The fraction of sp³-hybridized carbons (Fsp3) is 0.452. The molecule has 0 bridgehead atoms. The molecule has 0 saturated carbocycles. The first-order valence-electron chi connectivity index (χ1n) is 15.3. The van der Waals surface area contributed by atoms with E-state index in [1.807, 2.05) is 0 Å². The van der Waals surface area contributed by atoms with E-state index in [0.717, 1.165) is 4.90 Å². The van der Waals surface area contributed by atoms with Crippen LogP contribution in [0.15, 0.2) is 59.5 Å². The molecular weight excluding hydrogens is 784 g/mol. The predicted molar refractivity (Wildman–Crippen MR) is 189 cm³/mol. The van der Waals surface area contributed by atoms with Crippen LogP contribution in [0.2, 0.25) is 5.02 Å². The molecule has 2 aromatic rings. The number of β-lactam (4-membered cyclic amide) rings is 2. The summed E-state index contributed by atoms with van der Waals surface area (Å²) >= 11 is 6.80. The maximum Gasteiger partial charge on any atom is 0.333 e. The van der Waals surface area contributed by atoms with E-state index in [1.54, 1.807) is 44.2 Å². The maximum atomic E-state index is 13.0. The van der Waals surface area contributed by atoms with Crippen LogP contribution in [0.1, 0.15) is 45.7 Å². The number of halogens is 1. The van der Waals surface area contributed by atoms with E-state index in [0.29, 0.717) is 10.6 Å². The zero-order valence-electron chi connectivity index (χ0n) is 28.6. The summed E-state index contributed by atoms with van der Waals surface area (Å²) in [4.78, 5) is 65.8. The minimum absolute atomic E-state index is 0. The summed E-state index contributed by atoms with van der Waals surface area (Å²) in [7, 11) is -7.88. The third-order valence-electron chi connectivity index (χ3n) is 9.12. The van der Waals surface area contributed by atoms with E-state index in [4.69, 9.17) is 31.4 Å². The maximum absolute atomic E-state index is 13.0. The topological polar surface area (TPSA) is 300 Å². The van der Waals surface area contributed by atoms with Crippen LogP contribution in [0, 0.1) is 0 Å². The number of benzene rings is 2. The van der Waals surface area contributed by atoms with E-state index >= 15 is 0 Å². The van der Waals surface area contributed by atoms with Gasteiger partial charge in [-0.1, -0.05) is 41.9 Å². The van der Waals surface area contributed by atoms with Crippen LogP contribution < -0.4 is 11.1 Å². The van der Waals surface area contributed by atoms with E-state index in [2.05, 4.69) is 5.32 Å². The van der Waals surface area contributed by atoms with Crippen LogP contribution in [-0.2, 0) is 53.4 Å². The number of sulfone groups is 1. The number of nitrogens with zero attached hydrogens (tertiary/aromatic N) is 2. The van der Waals surface area contributed by atoms with Gasteiger partial charge in [0.05, 0.1) is 16.1 Å². The van der Waals surface area contributed by atoms with Crippen molar-refractivity contribution in [3.05, 3.63) is 65.2 Å². The summed E-state index contributed by atoms with van der Waals surface area (Å²) in [6.45, 7) is 5.37. The molecule has 0 radical (unpaired) electrons. The summed E-state index contributed by atoms with van der Waals surface area (Å²) in [5.74, 6) is -3.32. The number of carbonyl (C=O) groups is 5. The zero-order chi connectivity index (χ0) is 37.8. The average Bonchev–Trinajstić information content (AvgIpc) is 3.38. The Kier molecular flexibility index (Phi) is 12.7. The first kappa shape index (κ1) is 43.6. The van der Waals surface area contributed by atoms with Crippen molar-refractivity contribution in [2.45, 2.75) is 83.4 Å². The van der Waals surface area contributed by atoms with Gasteiger partial charge in [-0.05, 0) is 57.5 Å². The monoisotopic (exact) mass is 822 g/mol. The van der Waals surface area contributed by atoms with Crippen LogP contribution in [0.3, 0.4) is 0 Å². The molecule has 0 spiro atoms. The molecular formula is C31H39ClN4O14S3. The molecule has 53 heavy (non-hydrogen) atoms. The van der Waals surface area contributed by atoms with Crippen LogP contribution in [0.25, 0.3) is 0 Å². The van der Waals surface area contributed by atoms with Crippen LogP contribution in [0.4, 0.5) is 0 Å². The van der Waals surface area contributed by atoms with Gasteiger partial charge in [-0.15, -0.1) is 11.8 Å². The molecule has 292 valence electrons. The van der Waals surface area contributed by atoms with E-state index in [-0.39, 0.29) is 22.3 Å². The molecule has 6 atom stereocenters. The summed E-state index contributed by atoms with van der Waals surface area (Å²) in [5.41, 5.74) is 6.64. The van der Waals surface area contributed by atoms with Crippen molar-refractivity contribution >= 4 is 73.0 Å². The van der Waals surface area contributed by atoms with Crippen molar-refractivity contribution in [3.8, 4) is 0 Å². The van der Waals surface area contributed by atoms with Crippen LogP contribution >= 0.6 is 23.4 Å². The van der Waals surface area contributed by atoms with E-state index < -0.39 is 101 Å². The molecule has 2 aromatic carbocycles. The van der Waals surface area contributed by atoms with E-state index in [1.165, 1.54) is 54.8 Å². The lowest BCUT2D eigenvalue weighted by atomic mass is 9.95. The van der Waals surface area contributed by atoms with Gasteiger partial charge in [0.25, 0.3) is 10.1 Å². The summed E-state index contributed by atoms with van der Waals surface area (Å²) in [6.07, 6.45) is -0.191. The predicted octanol–water partition coefficient (Wildman–Crippen LogP) is -0.651. The molecule has 4 saturated heterocycles. The quantitative estimate of drug-likeness (QED) is 0.129. The Morgan fingerprint density at radius 2 is 1.53 bits per heavy atom. The van der Waals surface area contributed by atoms with Crippen molar-refractivity contribution < 1.29 is 65.8 Å². The zero-order valence-corrected chi connectivity index (χ0v) is 31.8. The van der Waals surface area contributed by atoms with Crippen molar-refractivity contribution in [1.29, 1.82) is 0 Å². The molecule has 3 amide bonds. The second kappa shape index (κ2) is 15.5. The first-order valence-corrected chi connectivity index (χ1v) is 19.6. The molecule has 8 N–H and O–H groups in total. The number of esters is 2. The summed E-state index contributed by atoms with van der Waals surface area (Å²) < 4.78 is 62.7. The number of ether oxygens (including phenoxy) is 2. The molecule has 18 nitrogen and oxygen atoms in total. The molecule has 4 aliphatic heterocycles. The van der Waals surface area contributed by atoms with Gasteiger partial charge in [0.2, 0.25) is 24.5 Å². The highest BCUT2D eigenvalue weighted by atomic mass is 35.5. The molecule has 22 heteroatoms. The number of fused-ring (bicyclic) bond motifs is 2. The minimum atomic E-state index is -4.08. The number of amides is 3. The van der Waals surface area contributed by atoms with Crippen molar-refractivity contribution in [3.63, 3.8) is 0 Å². The number of nitrogens with one attached hydrogen (secondary N) is 1. The van der Waals surface area contributed by atoms with Gasteiger partial charge in [-0.2, -0.15) is 8.42 Å². The Labute approximate surface area is 313 Å². The lowest BCUT2D eigenvalue weighted by molar-refractivity contribution is -0.181. The van der Waals surface area contributed by atoms with Crippen molar-refractivity contribution in [2.24, 2.45) is 5.73 Å². The Balaban J connectivity index is 0.000000501. The second-order valence-electron chi connectivity index (χ2n) is 13.1. The number of hydrogen-bond donors (Lipinski definition) is 3. The highest BCUT2D eigenvalue weighted by Crippen LogP contribution is 2.51. The van der Waals surface area contributed by atoms with Crippen molar-refractivity contribution in [1.82, 2.24) is 15.1 Å². The summed E-state index contributed by atoms with van der Waals surface area (Å²) in [6, 6.07) is 9.71. The first-order chi connectivity index (χ1) is 23.6. The van der Waals surface area contributed by atoms with Gasteiger partial charge in [-0.3, -0.25) is 18.9 Å². The Bertz CT molecular complexity index is 1980. The summed E-state index contributed by atoms with van der Waals surface area (Å²) in [5, 5.41) is 1.50. The Hall–Kier alpha value is -3.83. The number of rotatable bonds is 8. The Morgan fingerprint density at radius 1 is 0.981 bits per heavy atom. The van der Waals surface area contributed by atoms with Gasteiger partial charge >= 0.3 is 11.9 Å². The fourth-order valence-electron chi connectivity index (χ4n) is 6.30. The number of carbonyl (C=O) groups excluding carboxylic acids is 5. The van der Waals surface area contributed by atoms with Gasteiger partial charge in [0.15, 0.2) is 9.84 Å². The van der Waals surface area contributed by atoms with E-state index in [9.17, 15) is 40.8 Å². The number of hydrogen-bond acceptors (Lipinski definition) is 13. The lowest BCUT2D eigenvalue weighted by Gasteiger charge is -2.44. The molecule has 0 aromatic heterocycles. The third kappa shape index (κ3) is 7.88. The van der Waals surface area contributed by atoms with Gasteiger partial charge < -0.3 is 41.3 Å². The lowest BCUT2D eigenvalue weighted by Crippen LogP contribution is -2.71. The number of nitrogens with two attached hydrogens (primary N) is 1. The molecule has 4 fully saturated rings. The van der Waals surface area contributed by atoms with Crippen molar-refractivity contribution in [2.75, 3.05) is 6.79 Å². The average molecular weight is 823 g/mol. The second-order valence-corrected chi connectivity index (χ2v) is 19.4. The highest BCUT2D eigenvalue weighted by Gasteiger charge is 2.68. The normalized spacial score (nSPS) is 26.0. The SMILES string of the molecule is CC1(C)S[C@@H]2[C@H](NC(=O)[C@H](N)c3ccccc3)C(=O)N2[C@H]1C(=O)OCOC(=O)[C@@H]1N2C(=O)C[C@@H]2S(=O)(=O)C1(C)C.O.O.O=S(=O)(O)c1ccc(Cl)cc1. The van der Waals surface area contributed by atoms with Gasteiger partial charge in [0.1, 0.15) is 34.9 Å². The molecule has 4 aliphatic rings. The van der Waals surface area contributed by atoms with Gasteiger partial charge in [0, 0.05) is 9.77 Å². The highest BCUT2D eigenvalue weighted by molar-refractivity contribution is 8.01.